The second-order valence-electron chi connectivity index (χ2n) is 6.20. The Bertz CT molecular complexity index is 528. The lowest BCUT2D eigenvalue weighted by molar-refractivity contribution is -0.410. The summed E-state index contributed by atoms with van der Waals surface area (Å²) in [5.41, 5.74) is 4.78. The molecule has 1 aromatic carbocycles. The van der Waals surface area contributed by atoms with Crippen LogP contribution in [0, 0.1) is 5.82 Å². The van der Waals surface area contributed by atoms with Crippen molar-refractivity contribution in [2.45, 2.75) is 57.5 Å². The SMILES string of the molecule is CCCO[C@H]1[C@H](C)OC(=O)[C@@H]([NH3+])CCO[C@@H]1Cc1ccc(F)cc1.[Cl-]. The van der Waals surface area contributed by atoms with Crippen LogP contribution in [0.3, 0.4) is 0 Å². The van der Waals surface area contributed by atoms with E-state index in [1.807, 2.05) is 13.8 Å². The van der Waals surface area contributed by atoms with Gasteiger partial charge >= 0.3 is 5.97 Å². The van der Waals surface area contributed by atoms with E-state index in [9.17, 15) is 9.18 Å². The molecule has 5 nitrogen and oxygen atoms in total. The predicted octanol–water partition coefficient (Wildman–Crippen LogP) is -1.50. The van der Waals surface area contributed by atoms with Gasteiger partial charge in [-0.3, -0.25) is 0 Å². The molecule has 0 aliphatic carbocycles. The summed E-state index contributed by atoms with van der Waals surface area (Å²) in [7, 11) is 0. The Labute approximate surface area is 154 Å². The average molecular weight is 376 g/mol. The molecule has 1 aliphatic heterocycles. The number of benzene rings is 1. The second-order valence-corrected chi connectivity index (χ2v) is 6.20. The normalized spacial score (nSPS) is 27.4. The van der Waals surface area contributed by atoms with Gasteiger partial charge in [0.05, 0.1) is 12.7 Å². The number of rotatable bonds is 5. The molecule has 0 bridgehead atoms. The Hall–Kier alpha value is -1.21. The Morgan fingerprint density at radius 2 is 2.00 bits per heavy atom. The van der Waals surface area contributed by atoms with Crippen LogP contribution >= 0.6 is 0 Å². The fourth-order valence-electron chi connectivity index (χ4n) is 2.75. The van der Waals surface area contributed by atoms with Crippen molar-refractivity contribution in [2.24, 2.45) is 0 Å². The van der Waals surface area contributed by atoms with E-state index in [1.165, 1.54) is 12.1 Å². The smallest absolute Gasteiger partial charge is 0.365 e. The first-order chi connectivity index (χ1) is 11.5. The van der Waals surface area contributed by atoms with E-state index in [0.29, 0.717) is 26.1 Å². The van der Waals surface area contributed by atoms with Crippen molar-refractivity contribution in [3.8, 4) is 0 Å². The van der Waals surface area contributed by atoms with Gasteiger partial charge in [-0.1, -0.05) is 19.1 Å². The maximum atomic E-state index is 13.1. The van der Waals surface area contributed by atoms with Crippen molar-refractivity contribution >= 4 is 5.97 Å². The molecule has 142 valence electrons. The van der Waals surface area contributed by atoms with E-state index in [-0.39, 0.29) is 36.4 Å². The lowest BCUT2D eigenvalue weighted by atomic mass is 10.0. The zero-order chi connectivity index (χ0) is 17.5. The van der Waals surface area contributed by atoms with Crippen LogP contribution in [0.5, 0.6) is 0 Å². The standard InChI is InChI=1S/C18H26FNO4.ClH/c1-3-9-23-17-12(2)24-18(21)15(20)8-10-22-16(17)11-13-4-6-14(19)7-5-13;/h4-7,12,15-17H,3,8-11,20H2,1-2H3;1H/t12-,15-,16+,17-;/m0./s1. The van der Waals surface area contributed by atoms with Gasteiger partial charge in [-0.25, -0.2) is 9.18 Å². The van der Waals surface area contributed by atoms with Crippen LogP contribution in [0.25, 0.3) is 0 Å². The lowest BCUT2D eigenvalue weighted by Gasteiger charge is -2.30. The average Bonchev–Trinajstić information content (AvgIpc) is 2.60. The highest BCUT2D eigenvalue weighted by molar-refractivity contribution is 5.74. The number of hydrogen-bond donors (Lipinski definition) is 1. The molecular weight excluding hydrogens is 349 g/mol. The summed E-state index contributed by atoms with van der Waals surface area (Å²) in [6, 6.07) is 5.90. The third-order valence-corrected chi connectivity index (χ3v) is 4.13. The van der Waals surface area contributed by atoms with Crippen molar-refractivity contribution in [2.75, 3.05) is 13.2 Å². The third kappa shape index (κ3) is 6.55. The third-order valence-electron chi connectivity index (χ3n) is 4.13. The Kier molecular flexibility index (Phi) is 9.35. The number of carbonyl (C=O) groups is 1. The molecule has 7 heteroatoms. The van der Waals surface area contributed by atoms with E-state index in [4.69, 9.17) is 14.2 Å². The number of ether oxygens (including phenoxy) is 3. The summed E-state index contributed by atoms with van der Waals surface area (Å²) >= 11 is 0. The Balaban J connectivity index is 0.00000312. The number of cyclic esters (lactones) is 1. The second kappa shape index (κ2) is 10.7. The molecular formula is C18H27ClFNO4. The summed E-state index contributed by atoms with van der Waals surface area (Å²) < 4.78 is 30.6. The molecule has 1 saturated heterocycles. The monoisotopic (exact) mass is 375 g/mol. The van der Waals surface area contributed by atoms with Gasteiger partial charge in [0.15, 0.2) is 6.04 Å². The first-order valence-electron chi connectivity index (χ1n) is 8.52. The van der Waals surface area contributed by atoms with Crippen LogP contribution in [-0.2, 0) is 25.4 Å². The molecule has 0 saturated carbocycles. The van der Waals surface area contributed by atoms with Crippen molar-refractivity contribution in [1.82, 2.24) is 0 Å². The quantitative estimate of drug-likeness (QED) is 0.636. The zero-order valence-corrected chi connectivity index (χ0v) is 15.5. The van der Waals surface area contributed by atoms with E-state index in [0.717, 1.165) is 12.0 Å². The largest absolute Gasteiger partial charge is 1.00 e. The zero-order valence-electron chi connectivity index (χ0n) is 14.8. The topological polar surface area (TPSA) is 72.4 Å². The van der Waals surface area contributed by atoms with Gasteiger partial charge in [-0.05, 0) is 31.0 Å². The van der Waals surface area contributed by atoms with Crippen LogP contribution in [0.1, 0.15) is 32.3 Å². The summed E-state index contributed by atoms with van der Waals surface area (Å²) in [6.45, 7) is 4.81. The van der Waals surface area contributed by atoms with Gasteiger partial charge in [0, 0.05) is 19.4 Å². The number of halogens is 2. The van der Waals surface area contributed by atoms with Crippen molar-refractivity contribution < 1.29 is 41.5 Å². The summed E-state index contributed by atoms with van der Waals surface area (Å²) in [4.78, 5) is 12.0. The molecule has 0 spiro atoms. The van der Waals surface area contributed by atoms with Crippen molar-refractivity contribution in [1.29, 1.82) is 0 Å². The highest BCUT2D eigenvalue weighted by Crippen LogP contribution is 2.20. The van der Waals surface area contributed by atoms with Crippen LogP contribution in [0.2, 0.25) is 0 Å². The molecule has 25 heavy (non-hydrogen) atoms. The molecule has 0 radical (unpaired) electrons. The fraction of sp³-hybridized carbons (Fsp3) is 0.611. The minimum absolute atomic E-state index is 0. The molecule has 1 fully saturated rings. The van der Waals surface area contributed by atoms with E-state index in [2.05, 4.69) is 5.73 Å². The highest BCUT2D eigenvalue weighted by Gasteiger charge is 2.35. The van der Waals surface area contributed by atoms with E-state index >= 15 is 0 Å². The molecule has 4 atom stereocenters. The van der Waals surface area contributed by atoms with Crippen LogP contribution in [-0.4, -0.2) is 43.5 Å². The molecule has 1 heterocycles. The Morgan fingerprint density at radius 3 is 2.64 bits per heavy atom. The molecule has 2 rings (SSSR count). The lowest BCUT2D eigenvalue weighted by Crippen LogP contribution is -3.00. The van der Waals surface area contributed by atoms with Gasteiger partial charge in [-0.2, -0.15) is 0 Å². The number of carbonyl (C=O) groups excluding carboxylic acids is 1. The van der Waals surface area contributed by atoms with Crippen LogP contribution in [0.15, 0.2) is 24.3 Å². The maximum Gasteiger partial charge on any atom is 0.365 e. The Morgan fingerprint density at radius 1 is 1.32 bits per heavy atom. The van der Waals surface area contributed by atoms with Gasteiger partial charge in [0.2, 0.25) is 0 Å². The highest BCUT2D eigenvalue weighted by atomic mass is 35.5. The predicted molar refractivity (Wildman–Crippen MR) is 86.7 cm³/mol. The molecule has 0 amide bonds. The number of hydrogen-bond acceptors (Lipinski definition) is 4. The summed E-state index contributed by atoms with van der Waals surface area (Å²) in [5.74, 6) is -0.589. The van der Waals surface area contributed by atoms with Crippen molar-refractivity contribution in [3.05, 3.63) is 35.6 Å². The van der Waals surface area contributed by atoms with Gasteiger partial charge in [0.1, 0.15) is 18.0 Å². The van der Waals surface area contributed by atoms with E-state index in [1.54, 1.807) is 12.1 Å². The summed E-state index contributed by atoms with van der Waals surface area (Å²) in [6.07, 6.45) is 0.860. The fourth-order valence-corrected chi connectivity index (χ4v) is 2.75. The van der Waals surface area contributed by atoms with Gasteiger partial charge in [0.25, 0.3) is 0 Å². The van der Waals surface area contributed by atoms with Gasteiger partial charge < -0.3 is 32.4 Å². The van der Waals surface area contributed by atoms with E-state index < -0.39 is 12.1 Å². The van der Waals surface area contributed by atoms with Crippen LogP contribution in [0.4, 0.5) is 4.39 Å². The first kappa shape index (κ1) is 21.8. The summed E-state index contributed by atoms with van der Waals surface area (Å²) in [5, 5.41) is 0. The number of quaternary nitrogens is 1. The molecule has 1 aromatic rings. The molecule has 0 aromatic heterocycles. The molecule has 0 unspecified atom stereocenters. The number of esters is 1. The van der Waals surface area contributed by atoms with Gasteiger partial charge in [-0.15, -0.1) is 0 Å². The van der Waals surface area contributed by atoms with Crippen LogP contribution < -0.4 is 18.1 Å². The van der Waals surface area contributed by atoms with Crippen molar-refractivity contribution in [3.63, 3.8) is 0 Å². The first-order valence-corrected chi connectivity index (χ1v) is 8.52. The minimum Gasteiger partial charge on any atom is -1.00 e. The minimum atomic E-state index is -0.441. The maximum absolute atomic E-state index is 13.1. The molecule has 1 aliphatic rings. The molecule has 3 N–H and O–H groups in total.